The van der Waals surface area contributed by atoms with Crippen LogP contribution in [0.2, 0.25) is 0 Å². The van der Waals surface area contributed by atoms with Crippen LogP contribution in [0, 0.1) is 0 Å². The van der Waals surface area contributed by atoms with Gasteiger partial charge >= 0.3 is 0 Å². The van der Waals surface area contributed by atoms with E-state index in [4.69, 9.17) is 4.74 Å². The fourth-order valence-corrected chi connectivity index (χ4v) is 5.64. The van der Waals surface area contributed by atoms with Crippen molar-refractivity contribution in [3.05, 3.63) is 95.6 Å². The van der Waals surface area contributed by atoms with Crippen molar-refractivity contribution in [2.75, 3.05) is 18.0 Å². The summed E-state index contributed by atoms with van der Waals surface area (Å²) in [6.45, 7) is 0.854. The molecule has 4 aromatic rings. The van der Waals surface area contributed by atoms with Gasteiger partial charge in [-0.25, -0.2) is 8.42 Å². The molecule has 0 unspecified atom stereocenters. The molecule has 10 heteroatoms. The number of amides is 1. The monoisotopic (exact) mass is 496 g/mol. The summed E-state index contributed by atoms with van der Waals surface area (Å²) < 4.78 is 34.2. The summed E-state index contributed by atoms with van der Waals surface area (Å²) in [6.07, 6.45) is 3.62. The lowest BCUT2D eigenvalue weighted by Crippen LogP contribution is -2.29. The predicted molar refractivity (Wildman–Crippen MR) is 131 cm³/mol. The van der Waals surface area contributed by atoms with E-state index in [1.165, 1.54) is 22.7 Å². The first-order valence-electron chi connectivity index (χ1n) is 10.5. The molecule has 1 amide bonds. The van der Waals surface area contributed by atoms with Crippen LogP contribution >= 0.6 is 11.3 Å². The van der Waals surface area contributed by atoms with Gasteiger partial charge < -0.3 is 10.1 Å². The van der Waals surface area contributed by atoms with Gasteiger partial charge in [0.15, 0.2) is 6.61 Å². The molecule has 0 aliphatic rings. The van der Waals surface area contributed by atoms with E-state index < -0.39 is 10.0 Å². The zero-order valence-corrected chi connectivity index (χ0v) is 20.1. The summed E-state index contributed by atoms with van der Waals surface area (Å²) >= 11 is 1.17. The summed E-state index contributed by atoms with van der Waals surface area (Å²) in [7, 11) is -2.10. The molecule has 0 saturated heterocycles. The maximum Gasteiger partial charge on any atom is 0.273 e. The van der Waals surface area contributed by atoms with E-state index in [-0.39, 0.29) is 16.7 Å². The number of carbonyl (C=O) groups is 1. The molecule has 8 nitrogen and oxygen atoms in total. The number of thiophene rings is 1. The lowest BCUT2D eigenvalue weighted by molar-refractivity contribution is -0.123. The van der Waals surface area contributed by atoms with Crippen LogP contribution in [-0.4, -0.2) is 37.8 Å². The summed E-state index contributed by atoms with van der Waals surface area (Å²) in [6, 6.07) is 19.6. The van der Waals surface area contributed by atoms with Crippen molar-refractivity contribution >= 4 is 33.0 Å². The molecule has 34 heavy (non-hydrogen) atoms. The largest absolute Gasteiger partial charge is 0.484 e. The Bertz CT molecular complexity index is 1320. The molecule has 176 valence electrons. The summed E-state index contributed by atoms with van der Waals surface area (Å²) in [4.78, 5) is 12.3. The number of anilines is 1. The Morgan fingerprint density at radius 3 is 2.50 bits per heavy atom. The van der Waals surface area contributed by atoms with Crippen LogP contribution in [0.25, 0.3) is 0 Å². The number of hydrogen-bond donors (Lipinski definition) is 1. The number of nitrogens with zero attached hydrogens (tertiary/aromatic N) is 3. The molecular weight excluding hydrogens is 472 g/mol. The zero-order chi connectivity index (χ0) is 24.0. The average molecular weight is 497 g/mol. The second-order valence-corrected chi connectivity index (χ2v) is 10.6. The van der Waals surface area contributed by atoms with Gasteiger partial charge in [0.25, 0.3) is 15.9 Å². The molecule has 0 bridgehead atoms. The molecule has 0 spiro atoms. The fraction of sp³-hybridized carbons (Fsp3) is 0.167. The quantitative estimate of drug-likeness (QED) is 0.363. The molecule has 0 aliphatic heterocycles. The Morgan fingerprint density at radius 2 is 1.82 bits per heavy atom. The minimum atomic E-state index is -3.60. The molecule has 0 saturated carbocycles. The van der Waals surface area contributed by atoms with Crippen LogP contribution in [-0.2, 0) is 27.9 Å². The van der Waals surface area contributed by atoms with Crippen LogP contribution in [0.3, 0.4) is 0 Å². The highest BCUT2D eigenvalue weighted by molar-refractivity contribution is 7.94. The maximum absolute atomic E-state index is 12.6. The Labute approximate surface area is 202 Å². The van der Waals surface area contributed by atoms with E-state index in [9.17, 15) is 13.2 Å². The number of nitrogens with one attached hydrogen (secondary N) is 1. The minimum Gasteiger partial charge on any atom is -0.484 e. The van der Waals surface area contributed by atoms with Crippen molar-refractivity contribution in [1.82, 2.24) is 15.1 Å². The van der Waals surface area contributed by atoms with Crippen molar-refractivity contribution < 1.29 is 17.9 Å². The number of ether oxygens (including phenoxy) is 1. The van der Waals surface area contributed by atoms with Gasteiger partial charge in [-0.05, 0) is 52.9 Å². The van der Waals surface area contributed by atoms with E-state index in [0.717, 1.165) is 11.1 Å². The molecule has 2 aromatic heterocycles. The first-order valence-corrected chi connectivity index (χ1v) is 12.8. The van der Waals surface area contributed by atoms with Gasteiger partial charge in [0.05, 0.1) is 12.2 Å². The van der Waals surface area contributed by atoms with Gasteiger partial charge in [-0.3, -0.25) is 13.8 Å². The smallest absolute Gasteiger partial charge is 0.273 e. The van der Waals surface area contributed by atoms with Crippen molar-refractivity contribution in [3.63, 3.8) is 0 Å². The van der Waals surface area contributed by atoms with Gasteiger partial charge in [-0.2, -0.15) is 5.10 Å². The van der Waals surface area contributed by atoms with Gasteiger partial charge in [-0.15, -0.1) is 11.3 Å². The summed E-state index contributed by atoms with van der Waals surface area (Å²) in [5.74, 6) is 0.218. The Balaban J connectivity index is 1.29. The average Bonchev–Trinajstić information content (AvgIpc) is 3.57. The van der Waals surface area contributed by atoms with Gasteiger partial charge in [0.2, 0.25) is 0 Å². The highest BCUT2D eigenvalue weighted by Crippen LogP contribution is 2.26. The molecule has 2 aromatic carbocycles. The van der Waals surface area contributed by atoms with Crippen molar-refractivity contribution in [2.45, 2.75) is 17.3 Å². The van der Waals surface area contributed by atoms with Crippen LogP contribution in [0.4, 0.5) is 5.69 Å². The van der Waals surface area contributed by atoms with Crippen molar-refractivity contribution in [1.29, 1.82) is 0 Å². The van der Waals surface area contributed by atoms with Gasteiger partial charge in [0, 0.05) is 26.0 Å². The van der Waals surface area contributed by atoms with Gasteiger partial charge in [0.1, 0.15) is 9.96 Å². The summed E-state index contributed by atoms with van der Waals surface area (Å²) in [5.41, 5.74) is 2.58. The number of sulfonamides is 1. The molecule has 4 rings (SSSR count). The maximum atomic E-state index is 12.6. The van der Waals surface area contributed by atoms with Gasteiger partial charge in [-0.1, -0.05) is 30.3 Å². The van der Waals surface area contributed by atoms with E-state index in [1.54, 1.807) is 48.0 Å². The SMILES string of the molecule is CN(c1ccc(OCC(=O)NCc2ccccc2Cn2cccn2)cc1)S(=O)(=O)c1cccs1. The molecule has 0 aliphatic carbocycles. The Hall–Kier alpha value is -3.63. The van der Waals surface area contributed by atoms with E-state index in [0.29, 0.717) is 24.5 Å². The highest BCUT2D eigenvalue weighted by atomic mass is 32.2. The highest BCUT2D eigenvalue weighted by Gasteiger charge is 2.22. The number of carbonyl (C=O) groups excluding carboxylic acids is 1. The third-order valence-electron chi connectivity index (χ3n) is 5.17. The second-order valence-electron chi connectivity index (χ2n) is 7.44. The van der Waals surface area contributed by atoms with Crippen molar-refractivity contribution in [3.8, 4) is 5.75 Å². The third kappa shape index (κ3) is 5.64. The molecular formula is C24H24N4O4S2. The second kappa shape index (κ2) is 10.5. The fourth-order valence-electron chi connectivity index (χ4n) is 3.28. The third-order valence-corrected chi connectivity index (χ3v) is 8.32. The minimum absolute atomic E-state index is 0.149. The Kier molecular flexibility index (Phi) is 7.29. The lowest BCUT2D eigenvalue weighted by atomic mass is 10.1. The molecule has 2 heterocycles. The molecule has 0 fully saturated rings. The lowest BCUT2D eigenvalue weighted by Gasteiger charge is -2.18. The molecule has 0 radical (unpaired) electrons. The van der Waals surface area contributed by atoms with E-state index >= 15 is 0 Å². The first kappa shape index (κ1) is 23.5. The standard InChI is InChI=1S/C24H24N4O4S2/c1-27(34(30,31)24-8-4-15-33-24)21-9-11-22(12-10-21)32-18-23(29)25-16-19-6-2-3-7-20(19)17-28-14-5-13-26-28/h2-15H,16-18H2,1H3,(H,25,29). The van der Waals surface area contributed by atoms with Crippen LogP contribution in [0.5, 0.6) is 5.75 Å². The van der Waals surface area contributed by atoms with Crippen LogP contribution in [0.15, 0.2) is 88.7 Å². The number of rotatable bonds is 10. The first-order chi connectivity index (χ1) is 16.4. The molecule has 1 N–H and O–H groups in total. The predicted octanol–water partition coefficient (Wildman–Crippen LogP) is 3.51. The number of benzene rings is 2. The normalized spacial score (nSPS) is 11.2. The topological polar surface area (TPSA) is 93.5 Å². The van der Waals surface area contributed by atoms with Crippen LogP contribution in [0.1, 0.15) is 11.1 Å². The van der Waals surface area contributed by atoms with Crippen molar-refractivity contribution in [2.24, 2.45) is 0 Å². The summed E-state index contributed by atoms with van der Waals surface area (Å²) in [5, 5.41) is 8.82. The zero-order valence-electron chi connectivity index (χ0n) is 18.5. The molecule has 0 atom stereocenters. The Morgan fingerprint density at radius 1 is 1.06 bits per heavy atom. The van der Waals surface area contributed by atoms with E-state index in [2.05, 4.69) is 10.4 Å². The number of aromatic nitrogens is 2. The number of hydrogen-bond acceptors (Lipinski definition) is 6. The van der Waals surface area contributed by atoms with Crippen LogP contribution < -0.4 is 14.4 Å². The van der Waals surface area contributed by atoms with E-state index in [1.807, 2.05) is 41.2 Å².